The second-order valence-corrected chi connectivity index (χ2v) is 9.93. The number of carbonyl (C=O) groups excluding carboxylic acids is 1. The molecule has 0 bridgehead atoms. The second-order valence-electron chi connectivity index (χ2n) is 8.16. The molecule has 0 aromatic heterocycles. The van der Waals surface area contributed by atoms with E-state index in [9.17, 15) is 13.2 Å². The van der Waals surface area contributed by atoms with Crippen molar-refractivity contribution in [1.82, 2.24) is 9.62 Å². The van der Waals surface area contributed by atoms with E-state index in [0.29, 0.717) is 6.54 Å². The van der Waals surface area contributed by atoms with E-state index in [1.165, 1.54) is 22.3 Å². The highest BCUT2D eigenvalue weighted by Crippen LogP contribution is 2.38. The standard InChI is InChI=1S/C21H33N3O3S/c1-4-24(5-2)13-15(3)14-28(26,27)23-21(25)22-20-18-10-6-8-16(18)12-17-9-7-11-19(17)20/h12,15H,4-11,13-14H2,1-3H3,(H2,22,23,25). The number of rotatable bonds is 8. The number of amides is 2. The van der Waals surface area contributed by atoms with E-state index in [0.717, 1.165) is 57.3 Å². The number of sulfonamides is 1. The van der Waals surface area contributed by atoms with Crippen molar-refractivity contribution in [1.29, 1.82) is 0 Å². The van der Waals surface area contributed by atoms with Crippen molar-refractivity contribution in [2.75, 3.05) is 30.7 Å². The van der Waals surface area contributed by atoms with Crippen molar-refractivity contribution in [3.8, 4) is 0 Å². The number of hydrogen-bond donors (Lipinski definition) is 2. The average molecular weight is 408 g/mol. The number of nitrogens with one attached hydrogen (secondary N) is 2. The molecule has 1 atom stereocenters. The minimum Gasteiger partial charge on any atom is -0.307 e. The molecule has 0 heterocycles. The highest BCUT2D eigenvalue weighted by Gasteiger charge is 2.26. The first-order chi connectivity index (χ1) is 13.3. The molecule has 2 amide bonds. The number of hydrogen-bond acceptors (Lipinski definition) is 4. The molecule has 2 N–H and O–H groups in total. The molecular weight excluding hydrogens is 374 g/mol. The van der Waals surface area contributed by atoms with Gasteiger partial charge >= 0.3 is 6.03 Å². The fourth-order valence-electron chi connectivity index (χ4n) is 4.64. The van der Waals surface area contributed by atoms with Gasteiger partial charge in [0.05, 0.1) is 5.75 Å². The van der Waals surface area contributed by atoms with E-state index in [1.807, 2.05) is 6.92 Å². The van der Waals surface area contributed by atoms with Crippen LogP contribution in [-0.2, 0) is 35.7 Å². The van der Waals surface area contributed by atoms with Gasteiger partial charge in [0.15, 0.2) is 0 Å². The molecule has 28 heavy (non-hydrogen) atoms. The number of aryl methyl sites for hydroxylation is 2. The van der Waals surface area contributed by atoms with Crippen molar-refractivity contribution in [2.24, 2.45) is 5.92 Å². The molecule has 2 aliphatic carbocycles. The van der Waals surface area contributed by atoms with Crippen LogP contribution in [-0.4, -0.2) is 44.7 Å². The lowest BCUT2D eigenvalue weighted by molar-refractivity contribution is 0.256. The van der Waals surface area contributed by atoms with E-state index in [-0.39, 0.29) is 11.7 Å². The van der Waals surface area contributed by atoms with Gasteiger partial charge in [0.25, 0.3) is 0 Å². The lowest BCUT2D eigenvalue weighted by atomic mass is 9.99. The third-order valence-corrected chi connectivity index (χ3v) is 7.43. The first-order valence-electron chi connectivity index (χ1n) is 10.5. The summed E-state index contributed by atoms with van der Waals surface area (Å²) in [5, 5.41) is 2.90. The topological polar surface area (TPSA) is 78.5 Å². The van der Waals surface area contributed by atoms with Crippen molar-refractivity contribution in [2.45, 2.75) is 59.3 Å². The Kier molecular flexibility index (Phi) is 6.65. The summed E-state index contributed by atoms with van der Waals surface area (Å²) in [4.78, 5) is 14.7. The van der Waals surface area contributed by atoms with Gasteiger partial charge in [0.1, 0.15) is 0 Å². The molecule has 1 aromatic carbocycles. The van der Waals surface area contributed by atoms with Gasteiger partial charge in [-0.15, -0.1) is 0 Å². The first-order valence-corrected chi connectivity index (χ1v) is 12.2. The van der Waals surface area contributed by atoms with Gasteiger partial charge in [0, 0.05) is 12.2 Å². The fourth-order valence-corrected chi connectivity index (χ4v) is 5.91. The van der Waals surface area contributed by atoms with Crippen molar-refractivity contribution in [3.05, 3.63) is 28.3 Å². The Bertz CT molecular complexity index is 800. The largest absolute Gasteiger partial charge is 0.332 e. The predicted octanol–water partition coefficient (Wildman–Crippen LogP) is 3.09. The van der Waals surface area contributed by atoms with Crippen LogP contribution in [0.15, 0.2) is 6.07 Å². The van der Waals surface area contributed by atoms with Crippen LogP contribution in [0.3, 0.4) is 0 Å². The third-order valence-electron chi connectivity index (χ3n) is 5.93. The van der Waals surface area contributed by atoms with E-state index in [1.54, 1.807) is 0 Å². The maximum Gasteiger partial charge on any atom is 0.332 e. The van der Waals surface area contributed by atoms with Gasteiger partial charge in [-0.2, -0.15) is 0 Å². The van der Waals surface area contributed by atoms with Crippen LogP contribution in [0.4, 0.5) is 10.5 Å². The molecule has 0 radical (unpaired) electrons. The Morgan fingerprint density at radius 3 is 2.18 bits per heavy atom. The summed E-state index contributed by atoms with van der Waals surface area (Å²) in [6.45, 7) is 8.51. The Morgan fingerprint density at radius 1 is 1.07 bits per heavy atom. The van der Waals surface area contributed by atoms with Crippen molar-refractivity contribution >= 4 is 21.7 Å². The zero-order valence-corrected chi connectivity index (χ0v) is 18.1. The van der Waals surface area contributed by atoms with Gasteiger partial charge in [0.2, 0.25) is 10.0 Å². The minimum atomic E-state index is -3.68. The molecule has 0 fully saturated rings. The lowest BCUT2D eigenvalue weighted by Crippen LogP contribution is -2.39. The number of nitrogens with zero attached hydrogens (tertiary/aromatic N) is 1. The number of urea groups is 1. The van der Waals surface area contributed by atoms with Crippen molar-refractivity contribution in [3.63, 3.8) is 0 Å². The number of carbonyl (C=O) groups is 1. The summed E-state index contributed by atoms with van der Waals surface area (Å²) < 4.78 is 27.2. The average Bonchev–Trinajstić information content (AvgIpc) is 3.27. The molecular formula is C21H33N3O3S. The SMILES string of the molecule is CCN(CC)CC(C)CS(=O)(=O)NC(=O)Nc1c2c(cc3c1CCC3)CCC2. The zero-order valence-electron chi connectivity index (χ0n) is 17.3. The Balaban J connectivity index is 1.66. The van der Waals surface area contributed by atoms with Crippen LogP contribution in [0.5, 0.6) is 0 Å². The lowest BCUT2D eigenvalue weighted by Gasteiger charge is -2.22. The predicted molar refractivity (Wildman–Crippen MR) is 113 cm³/mol. The molecule has 0 aliphatic heterocycles. The zero-order chi connectivity index (χ0) is 20.3. The van der Waals surface area contributed by atoms with Crippen LogP contribution in [0.25, 0.3) is 0 Å². The summed E-state index contributed by atoms with van der Waals surface area (Å²) >= 11 is 0. The second kappa shape index (κ2) is 8.82. The molecule has 1 aromatic rings. The van der Waals surface area contributed by atoms with Gasteiger partial charge in [-0.05, 0) is 79.8 Å². The maximum absolute atomic E-state index is 12.5. The van der Waals surface area contributed by atoms with E-state index < -0.39 is 16.1 Å². The smallest absolute Gasteiger partial charge is 0.307 e. The Morgan fingerprint density at radius 2 is 1.64 bits per heavy atom. The number of fused-ring (bicyclic) bond motifs is 2. The van der Waals surface area contributed by atoms with Gasteiger partial charge < -0.3 is 10.2 Å². The van der Waals surface area contributed by atoms with Crippen molar-refractivity contribution < 1.29 is 13.2 Å². The number of anilines is 1. The third kappa shape index (κ3) is 4.87. The molecule has 156 valence electrons. The summed E-state index contributed by atoms with van der Waals surface area (Å²) in [6.07, 6.45) is 6.17. The van der Waals surface area contributed by atoms with Crippen LogP contribution in [0.1, 0.15) is 55.9 Å². The molecule has 2 aliphatic rings. The van der Waals surface area contributed by atoms with Crippen LogP contribution in [0.2, 0.25) is 0 Å². The van der Waals surface area contributed by atoms with E-state index >= 15 is 0 Å². The van der Waals surface area contributed by atoms with Crippen LogP contribution < -0.4 is 10.0 Å². The normalized spacial score (nSPS) is 16.7. The van der Waals surface area contributed by atoms with E-state index in [2.05, 4.69) is 34.9 Å². The summed E-state index contributed by atoms with van der Waals surface area (Å²) in [5.74, 6) is -0.0996. The maximum atomic E-state index is 12.5. The molecule has 0 saturated carbocycles. The summed E-state index contributed by atoms with van der Waals surface area (Å²) in [6, 6.07) is 1.66. The van der Waals surface area contributed by atoms with Gasteiger partial charge in [-0.3, -0.25) is 0 Å². The highest BCUT2D eigenvalue weighted by molar-refractivity contribution is 7.90. The number of benzene rings is 1. The molecule has 0 saturated heterocycles. The highest BCUT2D eigenvalue weighted by atomic mass is 32.2. The monoisotopic (exact) mass is 407 g/mol. The summed E-state index contributed by atoms with van der Waals surface area (Å²) in [5.41, 5.74) is 5.89. The van der Waals surface area contributed by atoms with Crippen LogP contribution in [0, 0.1) is 5.92 Å². The molecule has 0 spiro atoms. The molecule has 3 rings (SSSR count). The quantitative estimate of drug-likeness (QED) is 0.694. The van der Waals surface area contributed by atoms with Gasteiger partial charge in [-0.25, -0.2) is 17.9 Å². The fraction of sp³-hybridized carbons (Fsp3) is 0.667. The molecule has 6 nitrogen and oxygen atoms in total. The summed E-state index contributed by atoms with van der Waals surface area (Å²) in [7, 11) is -3.68. The molecule has 7 heteroatoms. The van der Waals surface area contributed by atoms with Crippen LogP contribution >= 0.6 is 0 Å². The minimum absolute atomic E-state index is 0.0459. The Labute approximate surface area is 169 Å². The van der Waals surface area contributed by atoms with Gasteiger partial charge in [-0.1, -0.05) is 26.8 Å². The Hall–Kier alpha value is -1.60. The first kappa shape index (κ1) is 21.1. The van der Waals surface area contributed by atoms with E-state index in [4.69, 9.17) is 0 Å². The molecule has 1 unspecified atom stereocenters.